The summed E-state index contributed by atoms with van der Waals surface area (Å²) in [6.45, 7) is 0.361. The number of sulfonamides is 1. The summed E-state index contributed by atoms with van der Waals surface area (Å²) >= 11 is 3.37. The summed E-state index contributed by atoms with van der Waals surface area (Å²) in [5.74, 6) is 0. The molecule has 2 rings (SSSR count). The van der Waals surface area contributed by atoms with Crippen LogP contribution >= 0.6 is 15.9 Å². The first-order chi connectivity index (χ1) is 9.53. The highest BCUT2D eigenvalue weighted by molar-refractivity contribution is 9.10. The molecule has 0 amide bonds. The zero-order valence-electron chi connectivity index (χ0n) is 10.5. The molecule has 1 aromatic heterocycles. The predicted octanol–water partition coefficient (Wildman–Crippen LogP) is 1.12. The summed E-state index contributed by atoms with van der Waals surface area (Å²) in [6, 6.07) is 7.39. The van der Waals surface area contributed by atoms with Gasteiger partial charge in [-0.05, 0) is 11.6 Å². The smallest absolute Gasteiger partial charge is 0.243 e. The van der Waals surface area contributed by atoms with Gasteiger partial charge in [0.1, 0.15) is 4.90 Å². The molecule has 0 bridgehead atoms. The Labute approximate surface area is 125 Å². The molecule has 108 valence electrons. The second-order valence-electron chi connectivity index (χ2n) is 4.08. The summed E-state index contributed by atoms with van der Waals surface area (Å²) in [7, 11) is -3.61. The Hall–Kier alpha value is -1.22. The van der Waals surface area contributed by atoms with E-state index in [0.29, 0.717) is 0 Å². The minimum absolute atomic E-state index is 0.0815. The molecular formula is C12H14BrN3O3S. The van der Waals surface area contributed by atoms with Gasteiger partial charge in [0.25, 0.3) is 0 Å². The molecule has 0 aliphatic heterocycles. The van der Waals surface area contributed by atoms with Crippen molar-refractivity contribution in [3.05, 3.63) is 46.7 Å². The van der Waals surface area contributed by atoms with Crippen LogP contribution in [0.3, 0.4) is 0 Å². The van der Waals surface area contributed by atoms with E-state index in [1.807, 2.05) is 24.3 Å². The van der Waals surface area contributed by atoms with Crippen molar-refractivity contribution in [2.75, 3.05) is 6.61 Å². The monoisotopic (exact) mass is 359 g/mol. The zero-order valence-corrected chi connectivity index (χ0v) is 12.9. The van der Waals surface area contributed by atoms with E-state index in [1.54, 1.807) is 0 Å². The molecule has 8 heteroatoms. The van der Waals surface area contributed by atoms with Crippen LogP contribution < -0.4 is 4.72 Å². The van der Waals surface area contributed by atoms with Crippen LogP contribution in [-0.4, -0.2) is 29.9 Å². The lowest BCUT2D eigenvalue weighted by Gasteiger charge is -2.06. The molecule has 1 aromatic carbocycles. The highest BCUT2D eigenvalue weighted by Crippen LogP contribution is 2.16. The third-order valence-electron chi connectivity index (χ3n) is 2.66. The van der Waals surface area contributed by atoms with Crippen molar-refractivity contribution in [3.8, 4) is 0 Å². The fourth-order valence-corrected chi connectivity index (χ4v) is 2.99. The number of rotatable bonds is 6. The number of halogens is 1. The maximum Gasteiger partial charge on any atom is 0.243 e. The van der Waals surface area contributed by atoms with Gasteiger partial charge in [-0.15, -0.1) is 0 Å². The number of aliphatic hydroxyl groups excluding tert-OH is 1. The minimum atomic E-state index is -3.61. The topological polar surface area (TPSA) is 84.2 Å². The van der Waals surface area contributed by atoms with Gasteiger partial charge in [0.15, 0.2) is 0 Å². The van der Waals surface area contributed by atoms with Gasteiger partial charge >= 0.3 is 0 Å². The molecule has 0 atom stereocenters. The van der Waals surface area contributed by atoms with Crippen molar-refractivity contribution in [1.82, 2.24) is 14.5 Å². The van der Waals surface area contributed by atoms with Crippen molar-refractivity contribution in [1.29, 1.82) is 0 Å². The number of benzene rings is 1. The van der Waals surface area contributed by atoms with Crippen LogP contribution in [0.25, 0.3) is 0 Å². The van der Waals surface area contributed by atoms with Crippen molar-refractivity contribution < 1.29 is 13.5 Å². The van der Waals surface area contributed by atoms with Crippen LogP contribution in [0.1, 0.15) is 5.56 Å². The van der Waals surface area contributed by atoms with Crippen molar-refractivity contribution in [2.24, 2.45) is 0 Å². The second kappa shape index (κ2) is 6.49. The van der Waals surface area contributed by atoms with E-state index in [0.717, 1.165) is 10.0 Å². The van der Waals surface area contributed by atoms with Crippen LogP contribution in [0.2, 0.25) is 0 Å². The number of hydrogen-bond donors (Lipinski definition) is 2. The lowest BCUT2D eigenvalue weighted by atomic mass is 10.2. The van der Waals surface area contributed by atoms with E-state index >= 15 is 0 Å². The fourth-order valence-electron chi connectivity index (χ4n) is 1.61. The molecule has 6 nitrogen and oxygen atoms in total. The Kier molecular flexibility index (Phi) is 4.92. The molecule has 2 aromatic rings. The Morgan fingerprint density at radius 1 is 1.35 bits per heavy atom. The molecule has 0 saturated carbocycles. The quantitative estimate of drug-likeness (QED) is 0.809. The first kappa shape index (κ1) is 15.2. The van der Waals surface area contributed by atoms with Crippen molar-refractivity contribution in [2.45, 2.75) is 18.0 Å². The molecular weight excluding hydrogens is 346 g/mol. The van der Waals surface area contributed by atoms with E-state index in [9.17, 15) is 8.42 Å². The summed E-state index contributed by atoms with van der Waals surface area (Å²) in [6.07, 6.45) is 2.65. The predicted molar refractivity (Wildman–Crippen MR) is 77.5 cm³/mol. The van der Waals surface area contributed by atoms with Gasteiger partial charge < -0.3 is 5.11 Å². The first-order valence-corrected chi connectivity index (χ1v) is 8.17. The summed E-state index contributed by atoms with van der Waals surface area (Å²) in [5, 5.41) is 12.7. The Balaban J connectivity index is 2.09. The molecule has 0 unspecified atom stereocenters. The maximum atomic E-state index is 12.1. The Morgan fingerprint density at radius 3 is 2.80 bits per heavy atom. The number of nitrogens with one attached hydrogen (secondary N) is 1. The molecule has 1 heterocycles. The molecule has 2 N–H and O–H groups in total. The second-order valence-corrected chi connectivity index (χ2v) is 6.70. The van der Waals surface area contributed by atoms with Gasteiger partial charge in [0.2, 0.25) is 10.0 Å². The van der Waals surface area contributed by atoms with E-state index in [-0.39, 0.29) is 24.6 Å². The van der Waals surface area contributed by atoms with Crippen molar-refractivity contribution in [3.63, 3.8) is 0 Å². The number of hydrogen-bond acceptors (Lipinski definition) is 4. The summed E-state index contributed by atoms with van der Waals surface area (Å²) < 4.78 is 28.9. The largest absolute Gasteiger partial charge is 0.394 e. The van der Waals surface area contributed by atoms with E-state index in [2.05, 4.69) is 25.8 Å². The maximum absolute atomic E-state index is 12.1. The number of nitrogens with zero attached hydrogens (tertiary/aromatic N) is 2. The van der Waals surface area contributed by atoms with Gasteiger partial charge in [0, 0.05) is 17.2 Å². The van der Waals surface area contributed by atoms with Gasteiger partial charge in [-0.2, -0.15) is 5.10 Å². The van der Waals surface area contributed by atoms with Crippen LogP contribution in [0, 0.1) is 0 Å². The van der Waals surface area contributed by atoms with E-state index in [1.165, 1.54) is 17.1 Å². The molecule has 20 heavy (non-hydrogen) atoms. The van der Waals surface area contributed by atoms with Gasteiger partial charge in [0.05, 0.1) is 19.3 Å². The van der Waals surface area contributed by atoms with Crippen LogP contribution in [0.5, 0.6) is 0 Å². The van der Waals surface area contributed by atoms with Gasteiger partial charge in [-0.3, -0.25) is 4.68 Å². The first-order valence-electron chi connectivity index (χ1n) is 5.89. The fraction of sp³-hybridized carbons (Fsp3) is 0.250. The Bertz CT molecular complexity index is 685. The van der Waals surface area contributed by atoms with E-state index in [4.69, 9.17) is 5.11 Å². The zero-order chi connectivity index (χ0) is 14.6. The molecule has 0 saturated heterocycles. The lowest BCUT2D eigenvalue weighted by Crippen LogP contribution is -2.23. The molecule has 0 fully saturated rings. The average Bonchev–Trinajstić information content (AvgIpc) is 2.88. The molecule has 0 aliphatic carbocycles. The lowest BCUT2D eigenvalue weighted by molar-refractivity contribution is 0.269. The Morgan fingerprint density at radius 2 is 2.10 bits per heavy atom. The number of aliphatic hydroxyl groups is 1. The summed E-state index contributed by atoms with van der Waals surface area (Å²) in [5.41, 5.74) is 0.846. The van der Waals surface area contributed by atoms with E-state index < -0.39 is 10.0 Å². The highest BCUT2D eigenvalue weighted by Gasteiger charge is 2.16. The van der Waals surface area contributed by atoms with Crippen LogP contribution in [0.4, 0.5) is 0 Å². The number of aromatic nitrogens is 2. The molecule has 0 radical (unpaired) electrons. The molecule has 0 aliphatic rings. The standard InChI is InChI=1S/C12H14BrN3O3S/c13-12-4-2-1-3-10(12)7-15-20(18,19)11-8-14-16(9-11)5-6-17/h1-4,8-9,15,17H,5-7H2. The van der Waals surface area contributed by atoms with Crippen LogP contribution in [0.15, 0.2) is 46.0 Å². The third kappa shape index (κ3) is 3.66. The highest BCUT2D eigenvalue weighted by atomic mass is 79.9. The van der Waals surface area contributed by atoms with Gasteiger partial charge in [-0.1, -0.05) is 34.1 Å². The average molecular weight is 360 g/mol. The van der Waals surface area contributed by atoms with Gasteiger partial charge in [-0.25, -0.2) is 13.1 Å². The van der Waals surface area contributed by atoms with Crippen molar-refractivity contribution >= 4 is 26.0 Å². The minimum Gasteiger partial charge on any atom is -0.394 e. The van der Waals surface area contributed by atoms with Crippen LogP contribution in [-0.2, 0) is 23.1 Å². The third-order valence-corrected chi connectivity index (χ3v) is 4.79. The summed E-state index contributed by atoms with van der Waals surface area (Å²) in [4.78, 5) is 0.0815. The molecule has 0 spiro atoms. The normalized spacial score (nSPS) is 11.7. The SMILES string of the molecule is O=S(=O)(NCc1ccccc1Br)c1cnn(CCO)c1.